The Labute approximate surface area is 149 Å². The summed E-state index contributed by atoms with van der Waals surface area (Å²) in [7, 11) is 0. The maximum absolute atomic E-state index is 13.8. The van der Waals surface area contributed by atoms with Crippen molar-refractivity contribution in [1.82, 2.24) is 14.9 Å². The van der Waals surface area contributed by atoms with Crippen LogP contribution in [0, 0.1) is 17.5 Å². The SMILES string of the molecule is CCC1CCCCN1C(=O)c1cc(Nc2ccc(F)c(F)c2F)ncn1. The Bertz CT molecular complexity index is 815. The van der Waals surface area contributed by atoms with E-state index in [2.05, 4.69) is 15.3 Å². The highest BCUT2D eigenvalue weighted by Crippen LogP contribution is 2.24. The van der Waals surface area contributed by atoms with Gasteiger partial charge in [-0.1, -0.05) is 6.92 Å². The number of nitrogens with zero attached hydrogens (tertiary/aromatic N) is 3. The minimum atomic E-state index is -1.57. The molecule has 1 aromatic heterocycles. The molecule has 1 aliphatic heterocycles. The first-order valence-electron chi connectivity index (χ1n) is 8.54. The average Bonchev–Trinajstić information content (AvgIpc) is 2.68. The van der Waals surface area contributed by atoms with Crippen LogP contribution in [0.25, 0.3) is 0 Å². The number of carbonyl (C=O) groups is 1. The van der Waals surface area contributed by atoms with Gasteiger partial charge in [-0.3, -0.25) is 4.79 Å². The molecule has 138 valence electrons. The maximum atomic E-state index is 13.8. The predicted molar refractivity (Wildman–Crippen MR) is 90.6 cm³/mol. The van der Waals surface area contributed by atoms with E-state index in [-0.39, 0.29) is 29.1 Å². The van der Waals surface area contributed by atoms with Crippen LogP contribution < -0.4 is 5.32 Å². The van der Waals surface area contributed by atoms with Gasteiger partial charge in [0.05, 0.1) is 5.69 Å². The number of aromatic nitrogens is 2. The van der Waals surface area contributed by atoms with Crippen molar-refractivity contribution in [3.63, 3.8) is 0 Å². The van der Waals surface area contributed by atoms with E-state index >= 15 is 0 Å². The molecule has 1 atom stereocenters. The third kappa shape index (κ3) is 3.63. The number of benzene rings is 1. The van der Waals surface area contributed by atoms with Gasteiger partial charge in [-0.25, -0.2) is 23.1 Å². The van der Waals surface area contributed by atoms with Gasteiger partial charge in [0.1, 0.15) is 17.8 Å². The Morgan fingerprint density at radius 3 is 2.81 bits per heavy atom. The number of anilines is 2. The van der Waals surface area contributed by atoms with E-state index in [1.54, 1.807) is 4.90 Å². The normalized spacial score (nSPS) is 17.2. The van der Waals surface area contributed by atoms with Gasteiger partial charge in [0.25, 0.3) is 5.91 Å². The number of likely N-dealkylation sites (tertiary alicyclic amines) is 1. The molecule has 2 aromatic rings. The van der Waals surface area contributed by atoms with Crippen LogP contribution in [-0.4, -0.2) is 33.4 Å². The molecular weight excluding hydrogens is 345 g/mol. The van der Waals surface area contributed by atoms with Crippen LogP contribution in [0.3, 0.4) is 0 Å². The molecule has 1 aromatic carbocycles. The number of carbonyl (C=O) groups excluding carboxylic acids is 1. The van der Waals surface area contributed by atoms with Crippen molar-refractivity contribution < 1.29 is 18.0 Å². The van der Waals surface area contributed by atoms with Crippen molar-refractivity contribution in [2.75, 3.05) is 11.9 Å². The molecule has 1 aliphatic rings. The molecule has 0 saturated carbocycles. The van der Waals surface area contributed by atoms with Crippen LogP contribution in [0.15, 0.2) is 24.5 Å². The highest BCUT2D eigenvalue weighted by Gasteiger charge is 2.27. The summed E-state index contributed by atoms with van der Waals surface area (Å²) in [6, 6.07) is 3.43. The first-order valence-corrected chi connectivity index (χ1v) is 8.54. The van der Waals surface area contributed by atoms with Gasteiger partial charge >= 0.3 is 0 Å². The molecule has 1 saturated heterocycles. The van der Waals surface area contributed by atoms with E-state index in [4.69, 9.17) is 0 Å². The van der Waals surface area contributed by atoms with E-state index in [9.17, 15) is 18.0 Å². The lowest BCUT2D eigenvalue weighted by Gasteiger charge is -2.35. The Morgan fingerprint density at radius 1 is 1.23 bits per heavy atom. The fourth-order valence-corrected chi connectivity index (χ4v) is 3.14. The van der Waals surface area contributed by atoms with E-state index in [1.165, 1.54) is 12.4 Å². The third-order valence-electron chi connectivity index (χ3n) is 4.54. The summed E-state index contributed by atoms with van der Waals surface area (Å²) in [6.45, 7) is 2.71. The quantitative estimate of drug-likeness (QED) is 0.832. The van der Waals surface area contributed by atoms with Gasteiger partial charge in [0.15, 0.2) is 17.5 Å². The van der Waals surface area contributed by atoms with Crippen molar-refractivity contribution in [1.29, 1.82) is 0 Å². The number of nitrogens with one attached hydrogen (secondary N) is 1. The summed E-state index contributed by atoms with van der Waals surface area (Å²) < 4.78 is 40.2. The Morgan fingerprint density at radius 2 is 2.04 bits per heavy atom. The molecular formula is C18H19F3N4O. The summed E-state index contributed by atoms with van der Waals surface area (Å²) in [6.07, 6.45) is 5.03. The van der Waals surface area contributed by atoms with Crippen molar-refractivity contribution in [3.8, 4) is 0 Å². The standard InChI is InChI=1S/C18H19F3N4O/c1-2-11-5-3-4-8-25(11)18(26)14-9-15(23-10-22-14)24-13-7-6-12(19)16(20)17(13)21/h6-7,9-11H,2-5,8H2,1H3,(H,22,23,24). The largest absolute Gasteiger partial charge is 0.338 e. The molecule has 2 heterocycles. The zero-order valence-corrected chi connectivity index (χ0v) is 14.3. The fraction of sp³-hybridized carbons (Fsp3) is 0.389. The summed E-state index contributed by atoms with van der Waals surface area (Å²) in [4.78, 5) is 22.5. The van der Waals surface area contributed by atoms with Gasteiger partial charge in [-0.05, 0) is 37.8 Å². The second kappa shape index (κ2) is 7.72. The molecule has 0 radical (unpaired) electrons. The van der Waals surface area contributed by atoms with Gasteiger partial charge < -0.3 is 10.2 Å². The molecule has 1 fully saturated rings. The molecule has 0 spiro atoms. The zero-order chi connectivity index (χ0) is 18.7. The van der Waals surface area contributed by atoms with E-state index in [1.807, 2.05) is 6.92 Å². The first kappa shape index (κ1) is 18.2. The first-order chi connectivity index (χ1) is 12.5. The zero-order valence-electron chi connectivity index (χ0n) is 14.3. The van der Waals surface area contributed by atoms with Gasteiger partial charge in [-0.2, -0.15) is 0 Å². The molecule has 26 heavy (non-hydrogen) atoms. The van der Waals surface area contributed by atoms with Gasteiger partial charge in [0.2, 0.25) is 0 Å². The van der Waals surface area contributed by atoms with E-state index in [0.29, 0.717) is 6.54 Å². The second-order valence-corrected chi connectivity index (χ2v) is 6.19. The highest BCUT2D eigenvalue weighted by molar-refractivity contribution is 5.93. The Balaban J connectivity index is 1.82. The topological polar surface area (TPSA) is 58.1 Å². The van der Waals surface area contributed by atoms with Crippen molar-refractivity contribution in [2.45, 2.75) is 38.6 Å². The molecule has 5 nitrogen and oxygen atoms in total. The summed E-state index contributed by atoms with van der Waals surface area (Å²) in [5.41, 5.74) is -0.101. The van der Waals surface area contributed by atoms with Crippen LogP contribution in [0.1, 0.15) is 43.1 Å². The molecule has 3 rings (SSSR count). The van der Waals surface area contributed by atoms with Crippen LogP contribution in [0.2, 0.25) is 0 Å². The van der Waals surface area contributed by atoms with Crippen LogP contribution in [0.5, 0.6) is 0 Å². The number of rotatable bonds is 4. The second-order valence-electron chi connectivity index (χ2n) is 6.19. The van der Waals surface area contributed by atoms with Crippen molar-refractivity contribution in [3.05, 3.63) is 47.7 Å². The Hall–Kier alpha value is -2.64. The molecule has 1 unspecified atom stereocenters. The summed E-state index contributed by atoms with van der Waals surface area (Å²) >= 11 is 0. The predicted octanol–water partition coefficient (Wildman–Crippen LogP) is 4.04. The molecule has 0 bridgehead atoms. The lowest BCUT2D eigenvalue weighted by atomic mass is 9.99. The lowest BCUT2D eigenvalue weighted by Crippen LogP contribution is -2.43. The average molecular weight is 364 g/mol. The lowest BCUT2D eigenvalue weighted by molar-refractivity contribution is 0.0602. The van der Waals surface area contributed by atoms with Gasteiger partial charge in [0, 0.05) is 18.7 Å². The smallest absolute Gasteiger partial charge is 0.272 e. The van der Waals surface area contributed by atoms with Crippen LogP contribution >= 0.6 is 0 Å². The number of halogens is 3. The van der Waals surface area contributed by atoms with Crippen LogP contribution in [-0.2, 0) is 0 Å². The molecule has 0 aliphatic carbocycles. The van der Waals surface area contributed by atoms with Crippen LogP contribution in [0.4, 0.5) is 24.7 Å². The van der Waals surface area contributed by atoms with E-state index < -0.39 is 17.5 Å². The highest BCUT2D eigenvalue weighted by atomic mass is 19.2. The maximum Gasteiger partial charge on any atom is 0.272 e. The van der Waals surface area contributed by atoms with E-state index in [0.717, 1.165) is 37.8 Å². The monoisotopic (exact) mass is 364 g/mol. The molecule has 8 heteroatoms. The minimum absolute atomic E-state index is 0.123. The number of hydrogen-bond donors (Lipinski definition) is 1. The Kier molecular flexibility index (Phi) is 5.39. The van der Waals surface area contributed by atoms with Gasteiger partial charge in [-0.15, -0.1) is 0 Å². The number of amides is 1. The molecule has 1 N–H and O–H groups in total. The number of hydrogen-bond acceptors (Lipinski definition) is 4. The number of piperidine rings is 1. The van der Waals surface area contributed by atoms with Crippen molar-refractivity contribution in [2.24, 2.45) is 0 Å². The summed E-state index contributed by atoms with van der Waals surface area (Å²) in [5.74, 6) is -4.29. The third-order valence-corrected chi connectivity index (χ3v) is 4.54. The van der Waals surface area contributed by atoms with Crippen molar-refractivity contribution >= 4 is 17.4 Å². The fourth-order valence-electron chi connectivity index (χ4n) is 3.14. The molecule has 1 amide bonds. The minimum Gasteiger partial charge on any atom is -0.338 e. The summed E-state index contributed by atoms with van der Waals surface area (Å²) in [5, 5.41) is 2.56.